The molecular formula is C20H38N4O2S. The number of hydrogen-bond donors (Lipinski definition) is 2. The van der Waals surface area contributed by atoms with Gasteiger partial charge in [-0.1, -0.05) is 19.8 Å². The first kappa shape index (κ1) is 22.3. The van der Waals surface area contributed by atoms with Crippen molar-refractivity contribution in [3.05, 3.63) is 0 Å². The minimum absolute atomic E-state index is 0.180. The lowest BCUT2D eigenvalue weighted by molar-refractivity contribution is -0.138. The number of carbonyl (C=O) groups is 1. The zero-order valence-corrected chi connectivity index (χ0v) is 18.4. The fourth-order valence-electron chi connectivity index (χ4n) is 4.21. The fraction of sp³-hybridized carbons (Fsp3) is 0.900. The van der Waals surface area contributed by atoms with Crippen LogP contribution in [0, 0.1) is 5.41 Å². The third kappa shape index (κ3) is 6.01. The second-order valence-electron chi connectivity index (χ2n) is 7.96. The van der Waals surface area contributed by atoms with Crippen LogP contribution in [0.3, 0.4) is 0 Å². The number of amides is 1. The van der Waals surface area contributed by atoms with E-state index in [0.29, 0.717) is 6.54 Å². The Morgan fingerprint density at radius 3 is 2.33 bits per heavy atom. The number of nitrogens with zero attached hydrogens (tertiary/aromatic N) is 2. The summed E-state index contributed by atoms with van der Waals surface area (Å²) in [4.78, 5) is 19.4. The molecule has 0 aromatic carbocycles. The molecule has 1 heterocycles. The van der Waals surface area contributed by atoms with Crippen LogP contribution in [-0.4, -0.2) is 74.2 Å². The standard InChI is InChI=1S/C20H38N4O2S/c1-5-21-18(23-16-20(27-6-2)11-13-26-14-12-20)22-15-19(9-7-8-10-19)17(25)24(3)4/h5-16H2,1-4H3,(H2,21,22,23). The topological polar surface area (TPSA) is 66.0 Å². The molecule has 156 valence electrons. The van der Waals surface area contributed by atoms with Gasteiger partial charge in [0.2, 0.25) is 5.91 Å². The Hall–Kier alpha value is -0.950. The second-order valence-corrected chi connectivity index (χ2v) is 9.70. The molecule has 1 aliphatic heterocycles. The van der Waals surface area contributed by atoms with E-state index < -0.39 is 0 Å². The molecule has 2 rings (SSSR count). The minimum Gasteiger partial charge on any atom is -0.381 e. The van der Waals surface area contributed by atoms with Crippen LogP contribution in [0.25, 0.3) is 0 Å². The summed E-state index contributed by atoms with van der Waals surface area (Å²) in [5, 5.41) is 6.85. The lowest BCUT2D eigenvalue weighted by Crippen LogP contribution is -2.49. The molecule has 0 aromatic heterocycles. The minimum atomic E-state index is -0.284. The van der Waals surface area contributed by atoms with E-state index in [1.165, 1.54) is 0 Å². The summed E-state index contributed by atoms with van der Waals surface area (Å²) in [7, 11) is 3.72. The molecule has 0 spiro atoms. The maximum Gasteiger partial charge on any atom is 0.230 e. The van der Waals surface area contributed by atoms with Gasteiger partial charge < -0.3 is 20.3 Å². The smallest absolute Gasteiger partial charge is 0.230 e. The van der Waals surface area contributed by atoms with E-state index in [-0.39, 0.29) is 16.1 Å². The first-order chi connectivity index (χ1) is 13.0. The molecule has 0 aromatic rings. The highest BCUT2D eigenvalue weighted by Gasteiger charge is 2.42. The van der Waals surface area contributed by atoms with Gasteiger partial charge in [-0.3, -0.25) is 9.79 Å². The Balaban J connectivity index is 2.04. The highest BCUT2D eigenvalue weighted by Crippen LogP contribution is 2.39. The summed E-state index contributed by atoms with van der Waals surface area (Å²) in [5.74, 6) is 2.17. The maximum atomic E-state index is 12.8. The molecule has 0 atom stereocenters. The van der Waals surface area contributed by atoms with Gasteiger partial charge >= 0.3 is 0 Å². The summed E-state index contributed by atoms with van der Waals surface area (Å²) < 4.78 is 5.75. The van der Waals surface area contributed by atoms with Gasteiger partial charge in [-0.05, 0) is 38.4 Å². The molecule has 6 nitrogen and oxygen atoms in total. The zero-order chi connectivity index (χ0) is 19.8. The molecule has 1 saturated carbocycles. The number of hydrogen-bond acceptors (Lipinski definition) is 4. The van der Waals surface area contributed by atoms with Gasteiger partial charge in [-0.2, -0.15) is 11.8 Å². The van der Waals surface area contributed by atoms with Crippen LogP contribution in [-0.2, 0) is 9.53 Å². The predicted molar refractivity (Wildman–Crippen MR) is 114 cm³/mol. The van der Waals surface area contributed by atoms with Crippen LogP contribution < -0.4 is 10.6 Å². The van der Waals surface area contributed by atoms with Gasteiger partial charge in [0.25, 0.3) is 0 Å². The van der Waals surface area contributed by atoms with E-state index in [1.54, 1.807) is 4.90 Å². The van der Waals surface area contributed by atoms with Crippen LogP contribution in [0.15, 0.2) is 4.99 Å². The summed E-state index contributed by atoms with van der Waals surface area (Å²) in [6.45, 7) is 8.22. The van der Waals surface area contributed by atoms with Crippen LogP contribution in [0.4, 0.5) is 0 Å². The first-order valence-electron chi connectivity index (χ1n) is 10.4. The van der Waals surface area contributed by atoms with Crippen LogP contribution >= 0.6 is 11.8 Å². The molecule has 0 radical (unpaired) electrons. The number of aliphatic imine (C=N–C) groups is 1. The van der Waals surface area contributed by atoms with Gasteiger partial charge in [0.15, 0.2) is 5.96 Å². The zero-order valence-electron chi connectivity index (χ0n) is 17.6. The maximum absolute atomic E-state index is 12.8. The number of nitrogens with one attached hydrogen (secondary N) is 2. The number of rotatable bonds is 8. The van der Waals surface area contributed by atoms with Crippen molar-refractivity contribution in [3.8, 4) is 0 Å². The summed E-state index contributed by atoms with van der Waals surface area (Å²) in [5.41, 5.74) is -0.284. The summed E-state index contributed by atoms with van der Waals surface area (Å²) >= 11 is 2.01. The van der Waals surface area contributed by atoms with E-state index in [0.717, 1.165) is 76.5 Å². The molecule has 7 heteroatoms. The number of carbonyl (C=O) groups excluding carboxylic acids is 1. The fourth-order valence-corrected chi connectivity index (χ4v) is 5.43. The SMILES string of the molecule is CCNC(=NCC1(SCC)CCOCC1)NCC1(C(=O)N(C)C)CCCC1. The quantitative estimate of drug-likeness (QED) is 0.486. The lowest BCUT2D eigenvalue weighted by Gasteiger charge is -2.35. The molecule has 2 aliphatic rings. The Labute approximate surface area is 169 Å². The average molecular weight is 399 g/mol. The number of thioether (sulfide) groups is 1. The lowest BCUT2D eigenvalue weighted by atomic mass is 9.84. The van der Waals surface area contributed by atoms with Gasteiger partial charge in [-0.25, -0.2) is 0 Å². The van der Waals surface area contributed by atoms with Crippen molar-refractivity contribution in [2.75, 3.05) is 52.7 Å². The van der Waals surface area contributed by atoms with Crippen molar-refractivity contribution in [1.82, 2.24) is 15.5 Å². The Morgan fingerprint density at radius 2 is 1.78 bits per heavy atom. The largest absolute Gasteiger partial charge is 0.381 e. The normalized spacial score (nSPS) is 21.7. The highest BCUT2D eigenvalue weighted by molar-refractivity contribution is 8.00. The van der Waals surface area contributed by atoms with E-state index >= 15 is 0 Å². The van der Waals surface area contributed by atoms with E-state index in [2.05, 4.69) is 24.5 Å². The van der Waals surface area contributed by atoms with Crippen molar-refractivity contribution < 1.29 is 9.53 Å². The third-order valence-electron chi connectivity index (χ3n) is 5.74. The molecule has 2 N–H and O–H groups in total. The van der Waals surface area contributed by atoms with Crippen molar-refractivity contribution in [2.45, 2.75) is 57.1 Å². The molecular weight excluding hydrogens is 360 g/mol. The highest BCUT2D eigenvalue weighted by atomic mass is 32.2. The van der Waals surface area contributed by atoms with E-state index in [1.807, 2.05) is 25.9 Å². The summed E-state index contributed by atoms with van der Waals surface area (Å²) in [6.07, 6.45) is 6.29. The third-order valence-corrected chi connectivity index (χ3v) is 7.18. The molecule has 0 bridgehead atoms. The van der Waals surface area contributed by atoms with Crippen molar-refractivity contribution in [1.29, 1.82) is 0 Å². The molecule has 2 fully saturated rings. The van der Waals surface area contributed by atoms with E-state index in [4.69, 9.17) is 9.73 Å². The molecule has 1 aliphatic carbocycles. The van der Waals surface area contributed by atoms with Crippen molar-refractivity contribution in [3.63, 3.8) is 0 Å². The average Bonchev–Trinajstić information content (AvgIpc) is 3.14. The number of ether oxygens (including phenoxy) is 1. The van der Waals surface area contributed by atoms with Gasteiger partial charge in [0.1, 0.15) is 0 Å². The Kier molecular flexibility index (Phi) is 8.73. The first-order valence-corrected chi connectivity index (χ1v) is 11.4. The molecule has 1 amide bonds. The molecule has 27 heavy (non-hydrogen) atoms. The van der Waals surface area contributed by atoms with Crippen LogP contribution in [0.2, 0.25) is 0 Å². The Morgan fingerprint density at radius 1 is 1.11 bits per heavy atom. The predicted octanol–water partition coefficient (Wildman–Crippen LogP) is 2.49. The summed E-state index contributed by atoms with van der Waals surface area (Å²) in [6, 6.07) is 0. The van der Waals surface area contributed by atoms with Gasteiger partial charge in [0, 0.05) is 45.1 Å². The van der Waals surface area contributed by atoms with Gasteiger partial charge in [0.05, 0.1) is 12.0 Å². The Bertz CT molecular complexity index is 493. The van der Waals surface area contributed by atoms with Crippen molar-refractivity contribution >= 4 is 23.6 Å². The molecule has 0 unspecified atom stereocenters. The number of guanidine groups is 1. The second kappa shape index (κ2) is 10.6. The van der Waals surface area contributed by atoms with E-state index in [9.17, 15) is 4.79 Å². The van der Waals surface area contributed by atoms with Crippen LogP contribution in [0.5, 0.6) is 0 Å². The monoisotopic (exact) mass is 398 g/mol. The van der Waals surface area contributed by atoms with Crippen molar-refractivity contribution in [2.24, 2.45) is 10.4 Å². The van der Waals surface area contributed by atoms with Gasteiger partial charge in [-0.15, -0.1) is 0 Å². The van der Waals surface area contributed by atoms with Crippen LogP contribution in [0.1, 0.15) is 52.4 Å². The molecule has 1 saturated heterocycles.